The molecule has 12 aromatic rings. The van der Waals surface area contributed by atoms with Gasteiger partial charge in [-0.1, -0.05) is 176 Å². The van der Waals surface area contributed by atoms with Crippen molar-refractivity contribution >= 4 is 54.3 Å². The maximum absolute atomic E-state index is 6.22. The molecule has 61 heavy (non-hydrogen) atoms. The van der Waals surface area contributed by atoms with E-state index >= 15 is 0 Å². The van der Waals surface area contributed by atoms with Gasteiger partial charge in [0.05, 0.1) is 0 Å². The summed E-state index contributed by atoms with van der Waals surface area (Å²) in [7, 11) is 0. The predicted octanol–water partition coefficient (Wildman–Crippen LogP) is 17.0. The molecule has 0 radical (unpaired) electrons. The van der Waals surface area contributed by atoms with E-state index in [4.69, 9.17) is 4.42 Å². The Morgan fingerprint density at radius 1 is 0.164 bits per heavy atom. The number of benzene rings is 11. The van der Waals surface area contributed by atoms with E-state index in [-0.39, 0.29) is 0 Å². The van der Waals surface area contributed by atoms with E-state index in [2.05, 4.69) is 218 Å². The second kappa shape index (κ2) is 14.4. The molecule has 0 bridgehead atoms. The third-order valence-electron chi connectivity index (χ3n) is 12.4. The van der Waals surface area contributed by atoms with E-state index in [0.717, 1.165) is 33.1 Å². The Balaban J connectivity index is 0.844. The first kappa shape index (κ1) is 35.0. The van der Waals surface area contributed by atoms with E-state index in [0.29, 0.717) is 0 Å². The summed E-state index contributed by atoms with van der Waals surface area (Å²) < 4.78 is 6.22. The van der Waals surface area contributed by atoms with Crippen molar-refractivity contribution in [2.75, 3.05) is 0 Å². The van der Waals surface area contributed by atoms with Crippen LogP contribution in [0.25, 0.3) is 121 Å². The number of furan rings is 1. The summed E-state index contributed by atoms with van der Waals surface area (Å²) in [5, 5.41) is 10.1. The van der Waals surface area contributed by atoms with Crippen LogP contribution in [0, 0.1) is 0 Å². The van der Waals surface area contributed by atoms with E-state index in [1.54, 1.807) is 0 Å². The Hall–Kier alpha value is -8.00. The summed E-state index contributed by atoms with van der Waals surface area (Å²) in [5.41, 5.74) is 16.1. The van der Waals surface area contributed by atoms with Gasteiger partial charge in [-0.2, -0.15) is 0 Å². The summed E-state index contributed by atoms with van der Waals surface area (Å²) in [5.74, 6) is 0. The zero-order chi connectivity index (χ0) is 40.3. The molecule has 0 aliphatic carbocycles. The Kier molecular flexibility index (Phi) is 8.25. The largest absolute Gasteiger partial charge is 0.456 e. The molecule has 0 spiro atoms. The second-order valence-electron chi connectivity index (χ2n) is 16.1. The van der Waals surface area contributed by atoms with Crippen LogP contribution < -0.4 is 0 Å². The van der Waals surface area contributed by atoms with Gasteiger partial charge in [-0.15, -0.1) is 0 Å². The SMILES string of the molecule is c1cc(-c2cccc(-c3cccc(-c4ccc5c(c4)oc4ccccc45)c3)c2)cc(-c2cccc(-c3cccc(-c4ccc5c6ccccc6c6ccccc6c5c4)c3)c2)c1. The zero-order valence-electron chi connectivity index (χ0n) is 33.3. The maximum Gasteiger partial charge on any atom is 0.136 e. The predicted molar refractivity (Wildman–Crippen MR) is 259 cm³/mol. The van der Waals surface area contributed by atoms with E-state index in [1.807, 2.05) is 12.1 Å². The fourth-order valence-electron chi connectivity index (χ4n) is 9.38. The average Bonchev–Trinajstić information content (AvgIpc) is 3.72. The van der Waals surface area contributed by atoms with Gasteiger partial charge in [0.25, 0.3) is 0 Å². The fourth-order valence-corrected chi connectivity index (χ4v) is 9.38. The molecule has 284 valence electrons. The van der Waals surface area contributed by atoms with Crippen LogP contribution >= 0.6 is 0 Å². The van der Waals surface area contributed by atoms with Crippen LogP contribution in [-0.4, -0.2) is 0 Å². The van der Waals surface area contributed by atoms with Gasteiger partial charge >= 0.3 is 0 Å². The van der Waals surface area contributed by atoms with Crippen molar-refractivity contribution in [3.8, 4) is 66.8 Å². The lowest BCUT2D eigenvalue weighted by molar-refractivity contribution is 0.669. The Morgan fingerprint density at radius 3 is 0.852 bits per heavy atom. The minimum atomic E-state index is 0.911. The second-order valence-corrected chi connectivity index (χ2v) is 16.1. The minimum Gasteiger partial charge on any atom is -0.456 e. The molecular weight excluding hydrogens is 737 g/mol. The highest BCUT2D eigenvalue weighted by atomic mass is 16.3. The molecule has 1 heterocycles. The maximum atomic E-state index is 6.22. The van der Waals surface area contributed by atoms with Crippen molar-refractivity contribution < 1.29 is 4.42 Å². The molecule has 1 heteroatoms. The molecular formula is C60H38O. The first-order chi connectivity index (χ1) is 30.2. The van der Waals surface area contributed by atoms with Crippen molar-refractivity contribution in [2.45, 2.75) is 0 Å². The van der Waals surface area contributed by atoms with Crippen molar-refractivity contribution in [1.82, 2.24) is 0 Å². The highest BCUT2D eigenvalue weighted by Gasteiger charge is 2.13. The normalized spacial score (nSPS) is 11.6. The molecule has 1 aromatic heterocycles. The van der Waals surface area contributed by atoms with Gasteiger partial charge in [-0.05, 0) is 154 Å². The molecule has 0 amide bonds. The van der Waals surface area contributed by atoms with Gasteiger partial charge in [0.15, 0.2) is 0 Å². The summed E-state index contributed by atoms with van der Waals surface area (Å²) >= 11 is 0. The molecule has 0 N–H and O–H groups in total. The van der Waals surface area contributed by atoms with Crippen molar-refractivity contribution in [3.05, 3.63) is 231 Å². The van der Waals surface area contributed by atoms with E-state index in [1.165, 1.54) is 88.0 Å². The van der Waals surface area contributed by atoms with E-state index < -0.39 is 0 Å². The molecule has 11 aromatic carbocycles. The van der Waals surface area contributed by atoms with Crippen LogP contribution in [0.1, 0.15) is 0 Å². The van der Waals surface area contributed by atoms with Crippen LogP contribution in [0.4, 0.5) is 0 Å². The summed E-state index contributed by atoms with van der Waals surface area (Å²) in [6.07, 6.45) is 0. The minimum absolute atomic E-state index is 0.911. The smallest absolute Gasteiger partial charge is 0.136 e. The first-order valence-electron chi connectivity index (χ1n) is 21.0. The summed E-state index contributed by atoms with van der Waals surface area (Å²) in [4.78, 5) is 0. The average molecular weight is 775 g/mol. The molecule has 1 nitrogen and oxygen atoms in total. The molecule has 0 atom stereocenters. The van der Waals surface area contributed by atoms with Crippen LogP contribution in [0.15, 0.2) is 235 Å². The standard InChI is InChI=1S/C60H38O/c1-2-24-53-51(22-1)52-23-3-4-25-54(52)58-37-49(28-30-55(53)58)47-20-10-18-45(35-47)43-16-8-14-41(33-43)39-12-7-13-40(32-39)42-15-9-17-44(34-42)46-19-11-21-48(36-46)50-29-31-57-56-26-5-6-27-59(56)61-60(57)38-50/h1-38H. The quantitative estimate of drug-likeness (QED) is 0.153. The lowest BCUT2D eigenvalue weighted by atomic mass is 9.91. The molecule has 0 aliphatic heterocycles. The van der Waals surface area contributed by atoms with Gasteiger partial charge in [-0.3, -0.25) is 0 Å². The van der Waals surface area contributed by atoms with Gasteiger partial charge < -0.3 is 4.42 Å². The number of rotatable bonds is 6. The zero-order valence-corrected chi connectivity index (χ0v) is 33.3. The summed E-state index contributed by atoms with van der Waals surface area (Å²) in [6.45, 7) is 0. The Labute approximate surface area is 354 Å². The van der Waals surface area contributed by atoms with Gasteiger partial charge in [0, 0.05) is 10.8 Å². The summed E-state index contributed by atoms with van der Waals surface area (Å²) in [6, 6.07) is 83.8. The van der Waals surface area contributed by atoms with Crippen molar-refractivity contribution in [1.29, 1.82) is 0 Å². The highest BCUT2D eigenvalue weighted by Crippen LogP contribution is 2.39. The van der Waals surface area contributed by atoms with Gasteiger partial charge in [-0.25, -0.2) is 0 Å². The molecule has 0 saturated carbocycles. The van der Waals surface area contributed by atoms with Gasteiger partial charge in [0.2, 0.25) is 0 Å². The van der Waals surface area contributed by atoms with Crippen molar-refractivity contribution in [2.24, 2.45) is 0 Å². The molecule has 12 rings (SSSR count). The number of fused-ring (bicyclic) bond motifs is 9. The number of para-hydroxylation sites is 1. The number of hydrogen-bond donors (Lipinski definition) is 0. The third-order valence-corrected chi connectivity index (χ3v) is 12.4. The molecule has 0 fully saturated rings. The van der Waals surface area contributed by atoms with Crippen molar-refractivity contribution in [3.63, 3.8) is 0 Å². The first-order valence-corrected chi connectivity index (χ1v) is 21.0. The van der Waals surface area contributed by atoms with Crippen LogP contribution in [-0.2, 0) is 0 Å². The number of hydrogen-bond acceptors (Lipinski definition) is 1. The lowest BCUT2D eigenvalue weighted by Gasteiger charge is -2.13. The third kappa shape index (κ3) is 6.18. The van der Waals surface area contributed by atoms with Crippen LogP contribution in [0.5, 0.6) is 0 Å². The lowest BCUT2D eigenvalue weighted by Crippen LogP contribution is -1.86. The van der Waals surface area contributed by atoms with Gasteiger partial charge in [0.1, 0.15) is 11.2 Å². The monoisotopic (exact) mass is 774 g/mol. The topological polar surface area (TPSA) is 13.1 Å². The molecule has 0 unspecified atom stereocenters. The molecule has 0 aliphatic rings. The van der Waals surface area contributed by atoms with Crippen LogP contribution in [0.2, 0.25) is 0 Å². The van der Waals surface area contributed by atoms with E-state index in [9.17, 15) is 0 Å². The van der Waals surface area contributed by atoms with Crippen LogP contribution in [0.3, 0.4) is 0 Å². The highest BCUT2D eigenvalue weighted by molar-refractivity contribution is 6.25. The molecule has 0 saturated heterocycles. The Morgan fingerprint density at radius 2 is 0.443 bits per heavy atom. The fraction of sp³-hybridized carbons (Fsp3) is 0. The Bertz CT molecular complexity index is 3620.